The van der Waals surface area contributed by atoms with E-state index in [1.165, 1.54) is 15.7 Å². The number of fused-ring (bicyclic) bond motifs is 1. The molecular weight excluding hydrogens is 310 g/mol. The zero-order valence-corrected chi connectivity index (χ0v) is 12.4. The second-order valence-electron chi connectivity index (χ2n) is 4.36. The first-order chi connectivity index (χ1) is 8.99. The van der Waals surface area contributed by atoms with Gasteiger partial charge < -0.3 is 4.74 Å². The van der Waals surface area contributed by atoms with Crippen LogP contribution in [-0.4, -0.2) is 36.6 Å². The SMILES string of the molecule is CC1OCCC1NS(=O)(=O)c1c(Cl)nc2sccn12. The number of hydrogen-bond donors (Lipinski definition) is 1. The molecule has 0 amide bonds. The number of imidazole rings is 1. The monoisotopic (exact) mass is 321 g/mol. The lowest BCUT2D eigenvalue weighted by molar-refractivity contribution is 0.117. The lowest BCUT2D eigenvalue weighted by Gasteiger charge is -2.15. The van der Waals surface area contributed by atoms with Crippen LogP contribution in [0.3, 0.4) is 0 Å². The first-order valence-corrected chi connectivity index (χ1v) is 8.48. The third kappa shape index (κ3) is 2.27. The Morgan fingerprint density at radius 3 is 3.11 bits per heavy atom. The van der Waals surface area contributed by atoms with E-state index in [0.717, 1.165) is 0 Å². The van der Waals surface area contributed by atoms with E-state index in [9.17, 15) is 8.42 Å². The van der Waals surface area contributed by atoms with Crippen LogP contribution >= 0.6 is 22.9 Å². The molecule has 2 aromatic rings. The molecule has 3 rings (SSSR count). The van der Waals surface area contributed by atoms with Crippen molar-refractivity contribution >= 4 is 37.9 Å². The first-order valence-electron chi connectivity index (χ1n) is 5.74. The topological polar surface area (TPSA) is 72.7 Å². The van der Waals surface area contributed by atoms with E-state index < -0.39 is 10.0 Å². The zero-order chi connectivity index (χ0) is 13.6. The third-order valence-corrected chi connectivity index (χ3v) is 5.76. The summed E-state index contributed by atoms with van der Waals surface area (Å²) < 4.78 is 34.3. The maximum atomic E-state index is 12.4. The Balaban J connectivity index is 1.99. The quantitative estimate of drug-likeness (QED) is 0.930. The van der Waals surface area contributed by atoms with Crippen LogP contribution in [0.25, 0.3) is 4.96 Å². The van der Waals surface area contributed by atoms with Crippen LogP contribution in [0.15, 0.2) is 16.6 Å². The fourth-order valence-corrected chi connectivity index (χ4v) is 4.91. The lowest BCUT2D eigenvalue weighted by atomic mass is 10.2. The van der Waals surface area contributed by atoms with Crippen LogP contribution < -0.4 is 4.72 Å². The molecule has 104 valence electrons. The lowest BCUT2D eigenvalue weighted by Crippen LogP contribution is -2.39. The van der Waals surface area contributed by atoms with E-state index >= 15 is 0 Å². The molecule has 9 heteroatoms. The van der Waals surface area contributed by atoms with Crippen molar-refractivity contribution < 1.29 is 13.2 Å². The molecule has 1 aliphatic rings. The van der Waals surface area contributed by atoms with Gasteiger partial charge in [-0.2, -0.15) is 0 Å². The Bertz CT molecular complexity index is 709. The van der Waals surface area contributed by atoms with Gasteiger partial charge in [0.25, 0.3) is 10.0 Å². The Labute approximate surface area is 119 Å². The average Bonchev–Trinajstić information content (AvgIpc) is 2.95. The fraction of sp³-hybridized carbons (Fsp3) is 0.500. The molecule has 0 bridgehead atoms. The normalized spacial score (nSPS) is 24.3. The van der Waals surface area contributed by atoms with Gasteiger partial charge in [-0.05, 0) is 13.3 Å². The number of thiazole rings is 1. The predicted molar refractivity (Wildman–Crippen MR) is 72.2 cm³/mol. The number of ether oxygens (including phenoxy) is 1. The summed E-state index contributed by atoms with van der Waals surface area (Å²) in [5.74, 6) is 0. The molecular formula is C10H12ClN3O3S2. The predicted octanol–water partition coefficient (Wildman–Crippen LogP) is 1.50. The largest absolute Gasteiger partial charge is 0.377 e. The van der Waals surface area contributed by atoms with Crippen molar-refractivity contribution in [2.24, 2.45) is 0 Å². The van der Waals surface area contributed by atoms with Crippen LogP contribution in [0.1, 0.15) is 13.3 Å². The molecule has 0 aromatic carbocycles. The van der Waals surface area contributed by atoms with E-state index in [1.807, 2.05) is 6.92 Å². The minimum Gasteiger partial charge on any atom is -0.377 e. The smallest absolute Gasteiger partial charge is 0.260 e. The highest BCUT2D eigenvalue weighted by Gasteiger charge is 2.32. The molecule has 6 nitrogen and oxygen atoms in total. The average molecular weight is 322 g/mol. The summed E-state index contributed by atoms with van der Waals surface area (Å²) in [6.07, 6.45) is 2.16. The van der Waals surface area contributed by atoms with Crippen molar-refractivity contribution in [2.75, 3.05) is 6.61 Å². The number of nitrogens with one attached hydrogen (secondary N) is 1. The van der Waals surface area contributed by atoms with Crippen molar-refractivity contribution in [3.05, 3.63) is 16.7 Å². The Morgan fingerprint density at radius 2 is 2.42 bits per heavy atom. The molecule has 1 fully saturated rings. The number of aromatic nitrogens is 2. The van der Waals surface area contributed by atoms with Gasteiger partial charge in [-0.1, -0.05) is 11.6 Å². The highest BCUT2D eigenvalue weighted by Crippen LogP contribution is 2.26. The molecule has 1 saturated heterocycles. The van der Waals surface area contributed by atoms with Crippen LogP contribution in [0.2, 0.25) is 5.15 Å². The minimum atomic E-state index is -3.72. The summed E-state index contributed by atoms with van der Waals surface area (Å²) >= 11 is 7.27. The van der Waals surface area contributed by atoms with Crippen molar-refractivity contribution in [3.63, 3.8) is 0 Å². The van der Waals surface area contributed by atoms with Gasteiger partial charge in [-0.25, -0.2) is 18.1 Å². The van der Waals surface area contributed by atoms with Gasteiger partial charge in [0.15, 0.2) is 15.1 Å². The molecule has 2 unspecified atom stereocenters. The fourth-order valence-electron chi connectivity index (χ4n) is 2.12. The van der Waals surface area contributed by atoms with Gasteiger partial charge in [-0.15, -0.1) is 11.3 Å². The van der Waals surface area contributed by atoms with Gasteiger partial charge in [0.05, 0.1) is 12.1 Å². The molecule has 2 aromatic heterocycles. The number of hydrogen-bond acceptors (Lipinski definition) is 5. The molecule has 2 atom stereocenters. The van der Waals surface area contributed by atoms with Crippen LogP contribution in [-0.2, 0) is 14.8 Å². The molecule has 3 heterocycles. The highest BCUT2D eigenvalue weighted by molar-refractivity contribution is 7.89. The molecule has 0 spiro atoms. The summed E-state index contributed by atoms with van der Waals surface area (Å²) in [6, 6.07) is -0.231. The van der Waals surface area contributed by atoms with Crippen LogP contribution in [0.5, 0.6) is 0 Å². The zero-order valence-electron chi connectivity index (χ0n) is 10.0. The molecule has 1 aliphatic heterocycles. The second-order valence-corrected chi connectivity index (χ2v) is 7.22. The summed E-state index contributed by atoms with van der Waals surface area (Å²) in [5.41, 5.74) is 0. The number of nitrogens with zero attached hydrogens (tertiary/aromatic N) is 2. The molecule has 0 radical (unpaired) electrons. The Kier molecular flexibility index (Phi) is 3.30. The number of rotatable bonds is 3. The molecule has 0 saturated carbocycles. The first kappa shape index (κ1) is 13.3. The van der Waals surface area contributed by atoms with E-state index in [4.69, 9.17) is 16.3 Å². The summed E-state index contributed by atoms with van der Waals surface area (Å²) in [7, 11) is -3.72. The summed E-state index contributed by atoms with van der Waals surface area (Å²) in [6.45, 7) is 2.40. The Morgan fingerprint density at radius 1 is 1.63 bits per heavy atom. The van der Waals surface area contributed by atoms with Crippen LogP contribution in [0, 0.1) is 0 Å². The standard InChI is InChI=1S/C10H12ClN3O3S2/c1-6-7(2-4-17-6)13-19(15,16)9-8(11)12-10-14(9)3-5-18-10/h3,5-7,13H,2,4H2,1H3. The van der Waals surface area contributed by atoms with Gasteiger partial charge in [0.1, 0.15) is 0 Å². The minimum absolute atomic E-state index is 0.00841. The molecule has 0 aliphatic carbocycles. The number of halogens is 1. The van der Waals surface area contributed by atoms with Crippen molar-refractivity contribution in [2.45, 2.75) is 30.5 Å². The van der Waals surface area contributed by atoms with Crippen molar-refractivity contribution in [1.29, 1.82) is 0 Å². The molecule has 19 heavy (non-hydrogen) atoms. The van der Waals surface area contributed by atoms with Crippen molar-refractivity contribution in [3.8, 4) is 0 Å². The van der Waals surface area contributed by atoms with E-state index in [0.29, 0.717) is 18.0 Å². The highest BCUT2D eigenvalue weighted by atomic mass is 35.5. The van der Waals surface area contributed by atoms with Gasteiger partial charge >= 0.3 is 0 Å². The van der Waals surface area contributed by atoms with Crippen molar-refractivity contribution in [1.82, 2.24) is 14.1 Å². The summed E-state index contributed by atoms with van der Waals surface area (Å²) in [4.78, 5) is 4.59. The van der Waals surface area contributed by atoms with Gasteiger partial charge in [0, 0.05) is 18.2 Å². The van der Waals surface area contributed by atoms with E-state index in [1.54, 1.807) is 11.6 Å². The second kappa shape index (κ2) is 4.71. The number of sulfonamides is 1. The molecule has 1 N–H and O–H groups in total. The maximum Gasteiger partial charge on any atom is 0.260 e. The third-order valence-electron chi connectivity index (χ3n) is 3.12. The summed E-state index contributed by atoms with van der Waals surface area (Å²) in [5, 5.41) is 1.74. The van der Waals surface area contributed by atoms with E-state index in [-0.39, 0.29) is 22.3 Å². The van der Waals surface area contributed by atoms with E-state index in [2.05, 4.69) is 9.71 Å². The Hall–Kier alpha value is -0.670. The maximum absolute atomic E-state index is 12.4. The van der Waals surface area contributed by atoms with Gasteiger partial charge in [-0.3, -0.25) is 4.40 Å². The van der Waals surface area contributed by atoms with Crippen LogP contribution in [0.4, 0.5) is 0 Å². The van der Waals surface area contributed by atoms with Gasteiger partial charge in [0.2, 0.25) is 0 Å².